The number of amides is 2. The number of halogens is 5. The van der Waals surface area contributed by atoms with Crippen LogP contribution in [0.25, 0.3) is 22.2 Å². The number of hydrogen-bond acceptors (Lipinski definition) is 8. The Balaban J connectivity index is 1.50. The Kier molecular flexibility index (Phi) is 8.82. The number of nitrogens with zero attached hydrogens (tertiary/aromatic N) is 3. The summed E-state index contributed by atoms with van der Waals surface area (Å²) in [6, 6.07) is 11.7. The molecule has 0 radical (unpaired) electrons. The Morgan fingerprint density at radius 3 is 2.48 bits per heavy atom. The maximum absolute atomic E-state index is 15.4. The highest BCUT2D eigenvalue weighted by Crippen LogP contribution is 2.47. The molecule has 0 fully saturated rings. The quantitative estimate of drug-likeness (QED) is 0.131. The summed E-state index contributed by atoms with van der Waals surface area (Å²) in [6.07, 6.45) is 1.06. The number of carbonyl (C=O) groups is 2. The first-order chi connectivity index (χ1) is 23.7. The van der Waals surface area contributed by atoms with Crippen LogP contribution in [0.5, 0.6) is 17.2 Å². The maximum atomic E-state index is 15.4. The number of aromatic nitrogens is 3. The number of carbonyl (C=O) groups excluding carboxylic acids is 2. The molecule has 2 atom stereocenters. The van der Waals surface area contributed by atoms with Crippen molar-refractivity contribution in [2.45, 2.75) is 24.5 Å². The van der Waals surface area contributed by atoms with Gasteiger partial charge in [-0.2, -0.15) is 13.9 Å². The van der Waals surface area contributed by atoms with E-state index in [1.807, 2.05) is 0 Å². The van der Waals surface area contributed by atoms with Gasteiger partial charge < -0.3 is 30.4 Å². The highest BCUT2D eigenvalue weighted by Gasteiger charge is 2.46. The average Bonchev–Trinajstić information content (AvgIpc) is 3.70. The van der Waals surface area contributed by atoms with Crippen LogP contribution in [0.1, 0.15) is 40.7 Å². The molecule has 4 N–H and O–H groups in total. The number of aliphatic hydroxyl groups is 1. The minimum absolute atomic E-state index is 0.0134. The van der Waals surface area contributed by atoms with E-state index in [2.05, 4.69) is 15.4 Å². The number of alkyl halides is 2. The van der Waals surface area contributed by atoms with Gasteiger partial charge in [0.05, 0.1) is 31.5 Å². The van der Waals surface area contributed by atoms with Crippen molar-refractivity contribution in [3.05, 3.63) is 99.8 Å². The summed E-state index contributed by atoms with van der Waals surface area (Å²) in [5.74, 6) is -3.18. The SMILES string of the molecule is COc1ccc([C@](O)(CNC(=O)c2cc(OC)c3nn(C(F)F)cc3c2)c2cc3c(c(-c4cc(Cl)c(F)cc4F)n2)OC[C@]3(C)C(N)=O)cc1. The Labute approximate surface area is 286 Å². The van der Waals surface area contributed by atoms with E-state index >= 15 is 4.39 Å². The fourth-order valence-corrected chi connectivity index (χ4v) is 5.88. The topological polar surface area (TPSA) is 151 Å². The van der Waals surface area contributed by atoms with Crippen LogP contribution in [0.15, 0.2) is 60.8 Å². The highest BCUT2D eigenvalue weighted by atomic mass is 35.5. The van der Waals surface area contributed by atoms with Crippen molar-refractivity contribution in [2.24, 2.45) is 5.73 Å². The Morgan fingerprint density at radius 1 is 1.12 bits per heavy atom. The second kappa shape index (κ2) is 12.8. The third-order valence-corrected chi connectivity index (χ3v) is 8.94. The Morgan fingerprint density at radius 2 is 1.84 bits per heavy atom. The van der Waals surface area contributed by atoms with Crippen LogP contribution in [0.2, 0.25) is 5.02 Å². The number of nitrogens with one attached hydrogen (secondary N) is 1. The van der Waals surface area contributed by atoms with Crippen molar-refractivity contribution in [3.8, 4) is 28.5 Å². The molecule has 0 aliphatic carbocycles. The van der Waals surface area contributed by atoms with Crippen molar-refractivity contribution in [1.29, 1.82) is 0 Å². The molecule has 0 saturated carbocycles. The van der Waals surface area contributed by atoms with Crippen LogP contribution in [0.3, 0.4) is 0 Å². The molecule has 0 bridgehead atoms. The number of benzene rings is 3. The van der Waals surface area contributed by atoms with Gasteiger partial charge in [-0.25, -0.2) is 18.4 Å². The summed E-state index contributed by atoms with van der Waals surface area (Å²) in [7, 11) is 2.73. The van der Waals surface area contributed by atoms with E-state index in [9.17, 15) is 27.9 Å². The van der Waals surface area contributed by atoms with E-state index in [0.29, 0.717) is 16.5 Å². The molecule has 0 unspecified atom stereocenters. The van der Waals surface area contributed by atoms with Crippen LogP contribution in [0.4, 0.5) is 17.6 Å². The summed E-state index contributed by atoms with van der Waals surface area (Å²) in [5, 5.41) is 18.8. The number of pyridine rings is 1. The predicted molar refractivity (Wildman–Crippen MR) is 173 cm³/mol. The van der Waals surface area contributed by atoms with Crippen LogP contribution in [-0.2, 0) is 15.8 Å². The van der Waals surface area contributed by atoms with E-state index in [1.165, 1.54) is 51.5 Å². The van der Waals surface area contributed by atoms with Crippen LogP contribution >= 0.6 is 11.6 Å². The molecule has 1 aliphatic rings. The highest BCUT2D eigenvalue weighted by molar-refractivity contribution is 6.31. The number of fused-ring (bicyclic) bond motifs is 2. The minimum Gasteiger partial charge on any atom is -0.497 e. The van der Waals surface area contributed by atoms with Gasteiger partial charge in [-0.1, -0.05) is 23.7 Å². The van der Waals surface area contributed by atoms with Crippen molar-refractivity contribution in [1.82, 2.24) is 20.1 Å². The zero-order valence-electron chi connectivity index (χ0n) is 26.6. The monoisotopic (exact) mass is 713 g/mol. The molecule has 16 heteroatoms. The van der Waals surface area contributed by atoms with E-state index < -0.39 is 52.6 Å². The van der Waals surface area contributed by atoms with E-state index in [1.54, 1.807) is 12.1 Å². The number of methoxy groups -OCH3 is 2. The molecular formula is C34H28ClF4N5O6. The number of rotatable bonds is 10. The van der Waals surface area contributed by atoms with Crippen molar-refractivity contribution in [2.75, 3.05) is 27.4 Å². The lowest BCUT2D eigenvalue weighted by Gasteiger charge is -2.30. The molecule has 3 heterocycles. The summed E-state index contributed by atoms with van der Waals surface area (Å²) in [4.78, 5) is 30.9. The summed E-state index contributed by atoms with van der Waals surface area (Å²) >= 11 is 6.02. The normalized spacial score (nSPS) is 16.5. The molecule has 0 spiro atoms. The Bertz CT molecular complexity index is 2170. The van der Waals surface area contributed by atoms with Gasteiger partial charge in [0.15, 0.2) is 0 Å². The molecule has 11 nitrogen and oxygen atoms in total. The van der Waals surface area contributed by atoms with Crippen molar-refractivity contribution in [3.63, 3.8) is 0 Å². The second-order valence-corrected chi connectivity index (χ2v) is 12.1. The van der Waals surface area contributed by atoms with Crippen molar-refractivity contribution < 1.29 is 46.5 Å². The molecule has 260 valence electrons. The van der Waals surface area contributed by atoms with E-state index in [0.717, 1.165) is 12.3 Å². The Hall–Kier alpha value is -5.41. The van der Waals surface area contributed by atoms with Crippen LogP contribution in [0, 0.1) is 11.6 Å². The molecule has 2 aromatic heterocycles. The second-order valence-electron chi connectivity index (χ2n) is 11.7. The first kappa shape index (κ1) is 34.5. The van der Waals surface area contributed by atoms with Crippen LogP contribution < -0.4 is 25.3 Å². The number of nitrogens with two attached hydrogens (primary N) is 1. The lowest BCUT2D eigenvalue weighted by atomic mass is 9.80. The largest absolute Gasteiger partial charge is 0.497 e. The van der Waals surface area contributed by atoms with Gasteiger partial charge in [0.25, 0.3) is 5.91 Å². The minimum atomic E-state index is -2.94. The standard InChI is InChI=1S/C34H28ClF4N5O6/c1-33(31(40)46)15-50-29-21(33)11-26(42-28(29)20-10-22(35)24(37)12-23(20)36)34(47,18-4-6-19(48-2)7-5-18)14-41-30(45)16-8-17-13-44(32(38)39)43-27(17)25(9-16)49-3/h4-13,32,47H,14-15H2,1-3H3,(H2,40,46)(H,41,45)/t33-,34+/m0/s1. The fourth-order valence-electron chi connectivity index (χ4n) is 5.71. The van der Waals surface area contributed by atoms with Gasteiger partial charge in [0, 0.05) is 34.3 Å². The molecular weight excluding hydrogens is 686 g/mol. The van der Waals surface area contributed by atoms with Gasteiger partial charge in [-0.05, 0) is 48.9 Å². The predicted octanol–water partition coefficient (Wildman–Crippen LogP) is 5.24. The summed E-state index contributed by atoms with van der Waals surface area (Å²) < 4.78 is 73.1. The molecule has 3 aromatic carbocycles. The molecule has 50 heavy (non-hydrogen) atoms. The third kappa shape index (κ3) is 5.81. The van der Waals surface area contributed by atoms with Crippen LogP contribution in [-0.4, -0.2) is 59.1 Å². The molecule has 2 amide bonds. The zero-order chi connectivity index (χ0) is 36.1. The first-order valence-electron chi connectivity index (χ1n) is 14.8. The molecule has 5 aromatic rings. The van der Waals surface area contributed by atoms with Gasteiger partial charge in [-0.15, -0.1) is 0 Å². The maximum Gasteiger partial charge on any atom is 0.333 e. The summed E-state index contributed by atoms with van der Waals surface area (Å²) in [6.45, 7) is -2.26. The van der Waals surface area contributed by atoms with Gasteiger partial charge in [0.1, 0.15) is 57.7 Å². The van der Waals surface area contributed by atoms with E-state index in [4.69, 9.17) is 31.5 Å². The first-order valence-corrected chi connectivity index (χ1v) is 15.2. The van der Waals surface area contributed by atoms with Gasteiger partial charge in [-0.3, -0.25) is 9.59 Å². The van der Waals surface area contributed by atoms with Gasteiger partial charge in [0.2, 0.25) is 5.91 Å². The van der Waals surface area contributed by atoms with E-state index in [-0.39, 0.29) is 62.7 Å². The number of primary amides is 1. The molecule has 1 aliphatic heterocycles. The lowest BCUT2D eigenvalue weighted by Crippen LogP contribution is -2.43. The van der Waals surface area contributed by atoms with Gasteiger partial charge >= 0.3 is 6.55 Å². The lowest BCUT2D eigenvalue weighted by molar-refractivity contribution is -0.123. The fraction of sp³-hybridized carbons (Fsp3) is 0.235. The summed E-state index contributed by atoms with van der Waals surface area (Å²) in [5.41, 5.74) is 1.82. The smallest absolute Gasteiger partial charge is 0.333 e. The number of hydrogen-bond donors (Lipinski definition) is 3. The molecule has 6 rings (SSSR count). The third-order valence-electron chi connectivity index (χ3n) is 8.65. The number of ether oxygens (including phenoxy) is 3. The zero-order valence-corrected chi connectivity index (χ0v) is 27.3. The van der Waals surface area contributed by atoms with Crippen molar-refractivity contribution >= 4 is 34.3 Å². The average molecular weight is 714 g/mol. The molecule has 0 saturated heterocycles.